The van der Waals surface area contributed by atoms with Crippen molar-refractivity contribution in [2.75, 3.05) is 12.8 Å². The maximum absolute atomic E-state index is 12.2. The molecule has 0 aliphatic heterocycles. The lowest BCUT2D eigenvalue weighted by molar-refractivity contribution is 0.0870. The molecule has 0 unspecified atom stereocenters. The van der Waals surface area contributed by atoms with Crippen LogP contribution in [-0.2, 0) is 6.42 Å². The number of aromatic nitrogens is 2. The van der Waals surface area contributed by atoms with Gasteiger partial charge >= 0.3 is 0 Å². The number of nitrogens with two attached hydrogens (primary N) is 1. The Bertz CT molecular complexity index is 715. The summed E-state index contributed by atoms with van der Waals surface area (Å²) in [4.78, 5) is 12.2. The molecule has 114 valence electrons. The van der Waals surface area contributed by atoms with Gasteiger partial charge in [-0.3, -0.25) is 4.79 Å². The van der Waals surface area contributed by atoms with Crippen LogP contribution in [0.25, 0.3) is 0 Å². The Morgan fingerprint density at radius 2 is 2.23 bits per heavy atom. The number of hydrogen-bond donors (Lipinski definition) is 1. The van der Waals surface area contributed by atoms with Crippen LogP contribution >= 0.6 is 0 Å². The number of carbonyl (C=O) groups is 1. The Kier molecular flexibility index (Phi) is 4.79. The van der Waals surface area contributed by atoms with Crippen LogP contribution < -0.4 is 10.5 Å². The van der Waals surface area contributed by atoms with Gasteiger partial charge in [-0.15, -0.1) is 0 Å². The summed E-state index contributed by atoms with van der Waals surface area (Å²) in [7, 11) is 1.63. The lowest BCUT2D eigenvalue weighted by atomic mass is 9.97. The summed E-state index contributed by atoms with van der Waals surface area (Å²) in [5.41, 5.74) is 6.99. The van der Waals surface area contributed by atoms with Gasteiger partial charge in [-0.1, -0.05) is 25.1 Å². The van der Waals surface area contributed by atoms with Gasteiger partial charge in [0.15, 0.2) is 0 Å². The minimum absolute atomic E-state index is 0.0944. The van der Waals surface area contributed by atoms with Crippen molar-refractivity contribution in [1.82, 2.24) is 9.78 Å². The third kappa shape index (κ3) is 3.26. The molecule has 0 aliphatic carbocycles. The molecule has 1 atom stereocenters. The van der Waals surface area contributed by atoms with Crippen LogP contribution in [0.1, 0.15) is 29.3 Å². The summed E-state index contributed by atoms with van der Waals surface area (Å²) in [5.74, 6) is 0.781. The van der Waals surface area contributed by atoms with E-state index in [1.807, 2.05) is 37.3 Å². The number of nitriles is 1. The Hall–Kier alpha value is -2.81. The highest BCUT2D eigenvalue weighted by molar-refractivity contribution is 5.82. The predicted octanol–water partition coefficient (Wildman–Crippen LogP) is 2.25. The summed E-state index contributed by atoms with van der Waals surface area (Å²) in [6, 6.07) is 9.63. The molecule has 2 N–H and O–H groups in total. The fourth-order valence-electron chi connectivity index (χ4n) is 2.35. The summed E-state index contributed by atoms with van der Waals surface area (Å²) in [5, 5.41) is 12.7. The minimum Gasteiger partial charge on any atom is -0.496 e. The molecule has 0 fully saturated rings. The van der Waals surface area contributed by atoms with E-state index in [0.717, 1.165) is 16.0 Å². The average molecular weight is 298 g/mol. The van der Waals surface area contributed by atoms with Gasteiger partial charge in [-0.05, 0) is 24.0 Å². The second kappa shape index (κ2) is 6.76. The van der Waals surface area contributed by atoms with E-state index in [0.29, 0.717) is 6.42 Å². The van der Waals surface area contributed by atoms with E-state index in [1.165, 1.54) is 6.20 Å². The van der Waals surface area contributed by atoms with E-state index in [2.05, 4.69) is 5.10 Å². The van der Waals surface area contributed by atoms with Crippen LogP contribution in [0, 0.1) is 17.2 Å². The lowest BCUT2D eigenvalue weighted by Gasteiger charge is -2.13. The molecule has 2 aromatic rings. The van der Waals surface area contributed by atoms with Crippen molar-refractivity contribution in [3.05, 3.63) is 41.6 Å². The summed E-state index contributed by atoms with van der Waals surface area (Å²) >= 11 is 0. The van der Waals surface area contributed by atoms with Gasteiger partial charge in [-0.25, -0.2) is 0 Å². The fraction of sp³-hybridized carbons (Fsp3) is 0.312. The molecule has 6 nitrogen and oxygen atoms in total. The highest BCUT2D eigenvalue weighted by Crippen LogP contribution is 2.22. The SMILES string of the molecule is COc1ccccc1C[C@H](C)CC(=O)n1ncc(C#N)c1N. The molecule has 22 heavy (non-hydrogen) atoms. The van der Waals surface area contributed by atoms with Gasteiger partial charge in [-0.2, -0.15) is 15.0 Å². The van der Waals surface area contributed by atoms with Crippen LogP contribution in [0.15, 0.2) is 30.5 Å². The topological polar surface area (TPSA) is 93.9 Å². The van der Waals surface area contributed by atoms with Gasteiger partial charge in [0.1, 0.15) is 23.2 Å². The molecule has 0 amide bonds. The van der Waals surface area contributed by atoms with E-state index >= 15 is 0 Å². The molecular weight excluding hydrogens is 280 g/mol. The van der Waals surface area contributed by atoms with Crippen molar-refractivity contribution < 1.29 is 9.53 Å². The van der Waals surface area contributed by atoms with Crippen molar-refractivity contribution in [3.63, 3.8) is 0 Å². The smallest absolute Gasteiger partial charge is 0.249 e. The van der Waals surface area contributed by atoms with Crippen molar-refractivity contribution in [2.45, 2.75) is 19.8 Å². The first-order chi connectivity index (χ1) is 10.6. The van der Waals surface area contributed by atoms with E-state index in [4.69, 9.17) is 15.7 Å². The van der Waals surface area contributed by atoms with Gasteiger partial charge in [0, 0.05) is 6.42 Å². The van der Waals surface area contributed by atoms with E-state index in [-0.39, 0.29) is 29.6 Å². The van der Waals surface area contributed by atoms with Crippen LogP contribution in [-0.4, -0.2) is 22.8 Å². The Labute approximate surface area is 129 Å². The zero-order valence-corrected chi connectivity index (χ0v) is 12.6. The molecule has 0 aliphatic rings. The Morgan fingerprint density at radius 1 is 1.50 bits per heavy atom. The monoisotopic (exact) mass is 298 g/mol. The second-order valence-corrected chi connectivity index (χ2v) is 5.19. The van der Waals surface area contributed by atoms with Crippen LogP contribution in [0.2, 0.25) is 0 Å². The van der Waals surface area contributed by atoms with Gasteiger partial charge < -0.3 is 10.5 Å². The van der Waals surface area contributed by atoms with Gasteiger partial charge in [0.05, 0.1) is 13.3 Å². The molecule has 1 heterocycles. The number of nitrogens with zero attached hydrogens (tertiary/aromatic N) is 3. The maximum Gasteiger partial charge on any atom is 0.249 e. The molecule has 2 rings (SSSR count). The van der Waals surface area contributed by atoms with Gasteiger partial charge in [0.2, 0.25) is 5.91 Å². The molecule has 1 aromatic carbocycles. The quantitative estimate of drug-likeness (QED) is 0.913. The average Bonchev–Trinajstić information content (AvgIpc) is 2.88. The first-order valence-corrected chi connectivity index (χ1v) is 6.95. The number of carbonyl (C=O) groups excluding carboxylic acids is 1. The summed E-state index contributed by atoms with van der Waals surface area (Å²) in [6.07, 6.45) is 2.30. The molecular formula is C16H18N4O2. The third-order valence-electron chi connectivity index (χ3n) is 3.45. The van der Waals surface area contributed by atoms with Crippen LogP contribution in [0.5, 0.6) is 5.75 Å². The van der Waals surface area contributed by atoms with Gasteiger partial charge in [0.25, 0.3) is 0 Å². The normalized spacial score (nSPS) is 11.7. The standard InChI is InChI=1S/C16H18N4O2/c1-11(7-12-5-3-4-6-14(12)22-2)8-15(21)20-16(18)13(9-17)10-19-20/h3-6,10-11H,7-8,18H2,1-2H3/t11-/m0/s1. The van der Waals surface area contributed by atoms with Crippen molar-refractivity contribution in [1.29, 1.82) is 5.26 Å². The minimum atomic E-state index is -0.221. The third-order valence-corrected chi connectivity index (χ3v) is 3.45. The number of benzene rings is 1. The number of anilines is 1. The lowest BCUT2D eigenvalue weighted by Crippen LogP contribution is -2.18. The fourth-order valence-corrected chi connectivity index (χ4v) is 2.35. The van der Waals surface area contributed by atoms with E-state index in [9.17, 15) is 4.79 Å². The number of methoxy groups -OCH3 is 1. The first-order valence-electron chi connectivity index (χ1n) is 6.95. The second-order valence-electron chi connectivity index (χ2n) is 5.19. The largest absolute Gasteiger partial charge is 0.496 e. The van der Waals surface area contributed by atoms with Crippen molar-refractivity contribution in [2.24, 2.45) is 5.92 Å². The molecule has 1 aromatic heterocycles. The number of para-hydroxylation sites is 1. The zero-order chi connectivity index (χ0) is 16.1. The molecule has 6 heteroatoms. The summed E-state index contributed by atoms with van der Waals surface area (Å²) in [6.45, 7) is 1.98. The molecule has 0 bridgehead atoms. The zero-order valence-electron chi connectivity index (χ0n) is 12.6. The molecule has 0 saturated heterocycles. The van der Waals surface area contributed by atoms with Crippen LogP contribution in [0.4, 0.5) is 5.82 Å². The number of nitrogen functional groups attached to an aromatic ring is 1. The molecule has 0 saturated carbocycles. The number of ether oxygens (including phenoxy) is 1. The highest BCUT2D eigenvalue weighted by atomic mass is 16.5. The Balaban J connectivity index is 2.05. The Morgan fingerprint density at radius 3 is 2.86 bits per heavy atom. The van der Waals surface area contributed by atoms with Crippen LogP contribution in [0.3, 0.4) is 0 Å². The number of rotatable bonds is 5. The maximum atomic E-state index is 12.2. The molecule has 0 radical (unpaired) electrons. The number of hydrogen-bond acceptors (Lipinski definition) is 5. The van der Waals surface area contributed by atoms with Crippen molar-refractivity contribution in [3.8, 4) is 11.8 Å². The highest BCUT2D eigenvalue weighted by Gasteiger charge is 2.17. The molecule has 0 spiro atoms. The first kappa shape index (κ1) is 15.6. The summed E-state index contributed by atoms with van der Waals surface area (Å²) < 4.78 is 6.41. The van der Waals surface area contributed by atoms with E-state index in [1.54, 1.807) is 7.11 Å². The van der Waals surface area contributed by atoms with Crippen molar-refractivity contribution >= 4 is 11.7 Å². The predicted molar refractivity (Wildman–Crippen MR) is 82.5 cm³/mol. The van der Waals surface area contributed by atoms with E-state index < -0.39 is 0 Å².